The molecule has 4 heteroatoms. The molecule has 1 aromatic heterocycles. The van der Waals surface area contributed by atoms with Crippen molar-refractivity contribution in [3.63, 3.8) is 0 Å². The molecule has 1 N–H and O–H groups in total. The van der Waals surface area contributed by atoms with Gasteiger partial charge in [0.15, 0.2) is 0 Å². The van der Waals surface area contributed by atoms with Gasteiger partial charge in [0.2, 0.25) is 0 Å². The summed E-state index contributed by atoms with van der Waals surface area (Å²) in [7, 11) is 0. The lowest BCUT2D eigenvalue weighted by Gasteiger charge is -2.05. The van der Waals surface area contributed by atoms with E-state index < -0.39 is 0 Å². The zero-order chi connectivity index (χ0) is 13.1. The van der Waals surface area contributed by atoms with E-state index in [1.165, 1.54) is 9.75 Å². The quantitative estimate of drug-likeness (QED) is 0.816. The fourth-order valence-electron chi connectivity index (χ4n) is 1.58. The van der Waals surface area contributed by atoms with Crippen molar-refractivity contribution >= 4 is 34.5 Å². The van der Waals surface area contributed by atoms with Crippen molar-refractivity contribution < 1.29 is 0 Å². The monoisotopic (exact) mass is 299 g/mol. The van der Waals surface area contributed by atoms with E-state index in [-0.39, 0.29) is 0 Å². The van der Waals surface area contributed by atoms with E-state index in [4.69, 9.17) is 23.2 Å². The van der Waals surface area contributed by atoms with Gasteiger partial charge in [-0.05, 0) is 29.8 Å². The van der Waals surface area contributed by atoms with Crippen LogP contribution < -0.4 is 5.32 Å². The molecule has 0 spiro atoms. The Kier molecular flexibility index (Phi) is 4.68. The number of benzene rings is 1. The van der Waals surface area contributed by atoms with Gasteiger partial charge in [-0.25, -0.2) is 0 Å². The summed E-state index contributed by atoms with van der Waals surface area (Å²) < 4.78 is 0. The first-order chi connectivity index (χ1) is 8.56. The SMILES string of the molecule is CC(C)NCc1ccc(-c2ccc(Cl)c(Cl)c2)s1. The molecule has 0 fully saturated rings. The molecule has 0 aliphatic carbocycles. The van der Waals surface area contributed by atoms with Gasteiger partial charge in [0.25, 0.3) is 0 Å². The zero-order valence-corrected chi connectivity index (χ0v) is 12.7. The molecule has 0 bridgehead atoms. The second-order valence-corrected chi connectivity index (χ2v) is 6.41. The molecule has 0 atom stereocenters. The van der Waals surface area contributed by atoms with Gasteiger partial charge in [0, 0.05) is 22.3 Å². The summed E-state index contributed by atoms with van der Waals surface area (Å²) in [6.07, 6.45) is 0. The molecule has 0 aliphatic heterocycles. The molecule has 1 aromatic carbocycles. The first kappa shape index (κ1) is 13.9. The van der Waals surface area contributed by atoms with Crippen LogP contribution in [0.1, 0.15) is 18.7 Å². The summed E-state index contributed by atoms with van der Waals surface area (Å²) >= 11 is 13.7. The van der Waals surface area contributed by atoms with Crippen LogP contribution in [0.2, 0.25) is 10.0 Å². The van der Waals surface area contributed by atoms with Gasteiger partial charge in [-0.15, -0.1) is 11.3 Å². The number of rotatable bonds is 4. The third kappa shape index (κ3) is 3.48. The van der Waals surface area contributed by atoms with Crippen LogP contribution in [0.4, 0.5) is 0 Å². The fraction of sp³-hybridized carbons (Fsp3) is 0.286. The van der Waals surface area contributed by atoms with Crippen molar-refractivity contribution in [3.05, 3.63) is 45.3 Å². The van der Waals surface area contributed by atoms with Crippen molar-refractivity contribution in [2.75, 3.05) is 0 Å². The average molecular weight is 300 g/mol. The lowest BCUT2D eigenvalue weighted by Crippen LogP contribution is -2.21. The maximum Gasteiger partial charge on any atom is 0.0598 e. The van der Waals surface area contributed by atoms with E-state index in [2.05, 4.69) is 31.3 Å². The molecule has 0 unspecified atom stereocenters. The third-order valence-corrected chi connectivity index (χ3v) is 4.42. The number of thiophene rings is 1. The van der Waals surface area contributed by atoms with Crippen LogP contribution in [0.25, 0.3) is 10.4 Å². The molecule has 2 aromatic rings. The Hall–Kier alpha value is -0.540. The van der Waals surface area contributed by atoms with Crippen molar-refractivity contribution in [1.82, 2.24) is 5.32 Å². The maximum absolute atomic E-state index is 6.03. The predicted octanol–water partition coefficient (Wildman–Crippen LogP) is 5.22. The fourth-order valence-corrected chi connectivity index (χ4v) is 2.84. The van der Waals surface area contributed by atoms with Gasteiger partial charge in [-0.1, -0.05) is 43.1 Å². The molecule has 0 amide bonds. The molecule has 18 heavy (non-hydrogen) atoms. The van der Waals surface area contributed by atoms with Crippen LogP contribution in [-0.4, -0.2) is 6.04 Å². The van der Waals surface area contributed by atoms with Crippen molar-refractivity contribution in [3.8, 4) is 10.4 Å². The third-order valence-electron chi connectivity index (χ3n) is 2.55. The molecular formula is C14H15Cl2NS. The molecule has 2 rings (SSSR count). The molecular weight excluding hydrogens is 285 g/mol. The summed E-state index contributed by atoms with van der Waals surface area (Å²) in [5.41, 5.74) is 1.12. The average Bonchev–Trinajstić information content (AvgIpc) is 2.79. The molecule has 0 aliphatic rings. The minimum absolute atomic E-state index is 0.500. The van der Waals surface area contributed by atoms with Gasteiger partial charge >= 0.3 is 0 Å². The topological polar surface area (TPSA) is 12.0 Å². The number of hydrogen-bond acceptors (Lipinski definition) is 2. The lowest BCUT2D eigenvalue weighted by molar-refractivity contribution is 0.593. The van der Waals surface area contributed by atoms with E-state index in [9.17, 15) is 0 Å². The van der Waals surface area contributed by atoms with Gasteiger partial charge in [0.1, 0.15) is 0 Å². The van der Waals surface area contributed by atoms with Crippen molar-refractivity contribution in [2.24, 2.45) is 0 Å². The van der Waals surface area contributed by atoms with Gasteiger partial charge in [-0.2, -0.15) is 0 Å². The summed E-state index contributed by atoms with van der Waals surface area (Å²) in [6.45, 7) is 5.20. The van der Waals surface area contributed by atoms with E-state index in [0.29, 0.717) is 16.1 Å². The van der Waals surface area contributed by atoms with Crippen LogP contribution in [0.15, 0.2) is 30.3 Å². The summed E-state index contributed by atoms with van der Waals surface area (Å²) in [5.74, 6) is 0. The summed E-state index contributed by atoms with van der Waals surface area (Å²) in [5, 5.41) is 4.61. The smallest absolute Gasteiger partial charge is 0.0598 e. The minimum atomic E-state index is 0.500. The highest BCUT2D eigenvalue weighted by atomic mass is 35.5. The Bertz CT molecular complexity index is 534. The van der Waals surface area contributed by atoms with E-state index >= 15 is 0 Å². The maximum atomic E-state index is 6.03. The molecule has 0 saturated carbocycles. The molecule has 0 saturated heterocycles. The molecule has 1 heterocycles. The Morgan fingerprint density at radius 1 is 1.11 bits per heavy atom. The number of hydrogen-bond donors (Lipinski definition) is 1. The lowest BCUT2D eigenvalue weighted by atomic mass is 10.2. The predicted molar refractivity (Wildman–Crippen MR) is 81.8 cm³/mol. The standard InChI is InChI=1S/C14H15Cl2NS/c1-9(2)17-8-11-4-6-14(18-11)10-3-5-12(15)13(16)7-10/h3-7,9,17H,8H2,1-2H3. The second kappa shape index (κ2) is 6.07. The van der Waals surface area contributed by atoms with Crippen molar-refractivity contribution in [1.29, 1.82) is 0 Å². The van der Waals surface area contributed by atoms with Crippen LogP contribution >= 0.6 is 34.5 Å². The number of nitrogens with one attached hydrogen (secondary N) is 1. The highest BCUT2D eigenvalue weighted by molar-refractivity contribution is 7.15. The Balaban J connectivity index is 2.16. The molecule has 0 radical (unpaired) electrons. The largest absolute Gasteiger partial charge is 0.310 e. The molecule has 96 valence electrons. The van der Waals surface area contributed by atoms with E-state index in [1.807, 2.05) is 18.2 Å². The Morgan fingerprint density at radius 2 is 1.89 bits per heavy atom. The normalized spacial score (nSPS) is 11.2. The second-order valence-electron chi connectivity index (χ2n) is 4.43. The summed E-state index contributed by atoms with van der Waals surface area (Å²) in [6, 6.07) is 10.5. The molecule has 1 nitrogen and oxygen atoms in total. The van der Waals surface area contributed by atoms with Crippen molar-refractivity contribution in [2.45, 2.75) is 26.4 Å². The van der Waals surface area contributed by atoms with E-state index in [1.54, 1.807) is 11.3 Å². The van der Waals surface area contributed by atoms with Gasteiger partial charge < -0.3 is 5.32 Å². The Labute approximate surface area is 122 Å². The van der Waals surface area contributed by atoms with Crippen LogP contribution in [0, 0.1) is 0 Å². The Morgan fingerprint density at radius 3 is 2.56 bits per heavy atom. The van der Waals surface area contributed by atoms with Crippen LogP contribution in [0.5, 0.6) is 0 Å². The zero-order valence-electron chi connectivity index (χ0n) is 10.3. The first-order valence-electron chi connectivity index (χ1n) is 5.84. The highest BCUT2D eigenvalue weighted by Gasteiger charge is 2.05. The van der Waals surface area contributed by atoms with Crippen LogP contribution in [-0.2, 0) is 6.54 Å². The van der Waals surface area contributed by atoms with Gasteiger partial charge in [0.05, 0.1) is 10.0 Å². The van der Waals surface area contributed by atoms with E-state index in [0.717, 1.165) is 12.1 Å². The highest BCUT2D eigenvalue weighted by Crippen LogP contribution is 2.32. The van der Waals surface area contributed by atoms with Crippen LogP contribution in [0.3, 0.4) is 0 Å². The summed E-state index contributed by atoms with van der Waals surface area (Å²) in [4.78, 5) is 2.54. The minimum Gasteiger partial charge on any atom is -0.310 e. The first-order valence-corrected chi connectivity index (χ1v) is 7.41. The van der Waals surface area contributed by atoms with Gasteiger partial charge in [-0.3, -0.25) is 0 Å². The number of halogens is 2.